The van der Waals surface area contributed by atoms with Crippen LogP contribution >= 0.6 is 0 Å². The maximum Gasteiger partial charge on any atom is 0.0791 e. The summed E-state index contributed by atoms with van der Waals surface area (Å²) in [6.07, 6.45) is -0.294. The number of hydrogen-bond acceptors (Lipinski definition) is 5. The van der Waals surface area contributed by atoms with E-state index in [1.807, 2.05) is 0 Å². The van der Waals surface area contributed by atoms with Gasteiger partial charge in [-0.1, -0.05) is 13.8 Å². The van der Waals surface area contributed by atoms with Gasteiger partial charge in [0.05, 0.1) is 19.3 Å². The molecule has 1 saturated heterocycles. The van der Waals surface area contributed by atoms with Crippen molar-refractivity contribution in [3.63, 3.8) is 0 Å². The van der Waals surface area contributed by atoms with E-state index < -0.39 is 0 Å². The summed E-state index contributed by atoms with van der Waals surface area (Å²) >= 11 is 0. The summed E-state index contributed by atoms with van der Waals surface area (Å²) < 4.78 is 5.30. The molecular weight excluding hydrogens is 242 g/mol. The second-order valence-electron chi connectivity index (χ2n) is 5.36. The van der Waals surface area contributed by atoms with Gasteiger partial charge in [0.25, 0.3) is 0 Å². The van der Waals surface area contributed by atoms with E-state index in [0.717, 1.165) is 52.5 Å². The van der Waals surface area contributed by atoms with Gasteiger partial charge in [0.1, 0.15) is 0 Å². The van der Waals surface area contributed by atoms with Crippen LogP contribution in [0.4, 0.5) is 0 Å². The molecule has 1 aliphatic rings. The zero-order valence-electron chi connectivity index (χ0n) is 12.8. The van der Waals surface area contributed by atoms with Crippen LogP contribution in [0.5, 0.6) is 0 Å². The second kappa shape index (κ2) is 9.66. The smallest absolute Gasteiger partial charge is 0.0791 e. The van der Waals surface area contributed by atoms with Crippen molar-refractivity contribution < 1.29 is 9.84 Å². The Labute approximate surface area is 117 Å². The van der Waals surface area contributed by atoms with Gasteiger partial charge in [0.2, 0.25) is 0 Å². The minimum atomic E-state index is -0.294. The predicted octanol–water partition coefficient (Wildman–Crippen LogP) is -0.000600. The molecule has 1 fully saturated rings. The van der Waals surface area contributed by atoms with Crippen LogP contribution in [0.15, 0.2) is 0 Å². The maximum atomic E-state index is 10.0. The number of likely N-dealkylation sites (N-methyl/N-ethyl adjacent to an activating group) is 1. The third-order valence-corrected chi connectivity index (χ3v) is 3.70. The van der Waals surface area contributed by atoms with E-state index in [0.29, 0.717) is 12.6 Å². The summed E-state index contributed by atoms with van der Waals surface area (Å²) in [4.78, 5) is 4.66. The average Bonchev–Trinajstić information content (AvgIpc) is 2.43. The number of aliphatic hydroxyl groups excluding tert-OH is 1. The highest BCUT2D eigenvalue weighted by Crippen LogP contribution is 1.99. The van der Waals surface area contributed by atoms with Gasteiger partial charge in [-0.2, -0.15) is 0 Å². The zero-order valence-corrected chi connectivity index (χ0v) is 12.8. The molecule has 2 unspecified atom stereocenters. The van der Waals surface area contributed by atoms with E-state index in [9.17, 15) is 5.11 Å². The Balaban J connectivity index is 2.12. The van der Waals surface area contributed by atoms with Gasteiger partial charge < -0.3 is 20.1 Å². The highest BCUT2D eigenvalue weighted by Gasteiger charge is 2.15. The van der Waals surface area contributed by atoms with Gasteiger partial charge >= 0.3 is 0 Å². The van der Waals surface area contributed by atoms with Crippen molar-refractivity contribution in [1.29, 1.82) is 0 Å². The minimum absolute atomic E-state index is 0.294. The molecule has 5 heteroatoms. The van der Waals surface area contributed by atoms with Gasteiger partial charge in [0, 0.05) is 38.8 Å². The van der Waals surface area contributed by atoms with E-state index in [-0.39, 0.29) is 6.10 Å². The van der Waals surface area contributed by atoms with Crippen LogP contribution in [0.3, 0.4) is 0 Å². The van der Waals surface area contributed by atoms with Crippen LogP contribution in [0.2, 0.25) is 0 Å². The fourth-order valence-corrected chi connectivity index (χ4v) is 2.42. The van der Waals surface area contributed by atoms with Crippen molar-refractivity contribution >= 4 is 0 Å². The van der Waals surface area contributed by atoms with Crippen LogP contribution < -0.4 is 5.32 Å². The zero-order chi connectivity index (χ0) is 14.1. The van der Waals surface area contributed by atoms with Crippen LogP contribution in [0.1, 0.15) is 20.8 Å². The van der Waals surface area contributed by atoms with E-state index >= 15 is 0 Å². The van der Waals surface area contributed by atoms with Crippen LogP contribution in [0.25, 0.3) is 0 Å². The Morgan fingerprint density at radius 2 is 1.89 bits per heavy atom. The number of β-amino-alcohol motifs (C(OH)–C–C–N with tert-alkyl or cyclic N) is 1. The molecule has 0 aromatic carbocycles. The van der Waals surface area contributed by atoms with E-state index in [2.05, 4.69) is 35.9 Å². The molecule has 0 spiro atoms. The molecule has 0 radical (unpaired) electrons. The highest BCUT2D eigenvalue weighted by molar-refractivity contribution is 4.72. The van der Waals surface area contributed by atoms with Gasteiger partial charge in [-0.15, -0.1) is 0 Å². The molecule has 0 saturated carbocycles. The van der Waals surface area contributed by atoms with Crippen molar-refractivity contribution in [2.24, 2.45) is 0 Å². The fraction of sp³-hybridized carbons (Fsp3) is 1.00. The molecule has 0 aromatic heterocycles. The Kier molecular flexibility index (Phi) is 8.57. The summed E-state index contributed by atoms with van der Waals surface area (Å²) in [5, 5.41) is 13.5. The average molecular weight is 273 g/mol. The van der Waals surface area contributed by atoms with Gasteiger partial charge in [-0.05, 0) is 20.0 Å². The number of ether oxygens (including phenoxy) is 1. The fourth-order valence-electron chi connectivity index (χ4n) is 2.42. The van der Waals surface area contributed by atoms with Crippen molar-refractivity contribution in [2.75, 3.05) is 59.0 Å². The molecule has 19 heavy (non-hydrogen) atoms. The topological polar surface area (TPSA) is 48.0 Å². The number of rotatable bonds is 9. The minimum Gasteiger partial charge on any atom is -0.390 e. The lowest BCUT2D eigenvalue weighted by atomic mass is 10.2. The SMILES string of the molecule is CCN(CC)CC(C)NCC(O)CN1CCOCC1. The number of nitrogens with zero attached hydrogens (tertiary/aromatic N) is 2. The van der Waals surface area contributed by atoms with E-state index in [1.165, 1.54) is 0 Å². The Morgan fingerprint density at radius 1 is 1.26 bits per heavy atom. The van der Waals surface area contributed by atoms with Crippen molar-refractivity contribution in [1.82, 2.24) is 15.1 Å². The molecule has 1 rings (SSSR count). The normalized spacial score (nSPS) is 20.7. The maximum absolute atomic E-state index is 10.0. The number of nitrogens with one attached hydrogen (secondary N) is 1. The van der Waals surface area contributed by atoms with E-state index in [1.54, 1.807) is 0 Å². The van der Waals surface area contributed by atoms with Crippen molar-refractivity contribution in [2.45, 2.75) is 32.9 Å². The van der Waals surface area contributed by atoms with E-state index in [4.69, 9.17) is 4.74 Å². The largest absolute Gasteiger partial charge is 0.390 e. The molecule has 5 nitrogen and oxygen atoms in total. The lowest BCUT2D eigenvalue weighted by Gasteiger charge is -2.29. The van der Waals surface area contributed by atoms with Crippen LogP contribution in [-0.4, -0.2) is 86.1 Å². The van der Waals surface area contributed by atoms with Gasteiger partial charge in [0.15, 0.2) is 0 Å². The van der Waals surface area contributed by atoms with Crippen LogP contribution in [0, 0.1) is 0 Å². The van der Waals surface area contributed by atoms with Crippen molar-refractivity contribution in [3.05, 3.63) is 0 Å². The monoisotopic (exact) mass is 273 g/mol. The molecule has 1 aliphatic heterocycles. The molecule has 0 bridgehead atoms. The Bertz CT molecular complexity index is 219. The number of hydrogen-bond donors (Lipinski definition) is 2. The summed E-state index contributed by atoms with van der Waals surface area (Å²) in [5.74, 6) is 0. The predicted molar refractivity (Wildman–Crippen MR) is 78.5 cm³/mol. The summed E-state index contributed by atoms with van der Waals surface area (Å²) in [6.45, 7) is 14.6. The Morgan fingerprint density at radius 3 is 2.47 bits per heavy atom. The van der Waals surface area contributed by atoms with Gasteiger partial charge in [-0.25, -0.2) is 0 Å². The summed E-state index contributed by atoms with van der Waals surface area (Å²) in [7, 11) is 0. The second-order valence-corrected chi connectivity index (χ2v) is 5.36. The lowest BCUT2D eigenvalue weighted by molar-refractivity contribution is 0.0144. The van der Waals surface area contributed by atoms with Crippen LogP contribution in [-0.2, 0) is 4.74 Å². The first-order valence-electron chi connectivity index (χ1n) is 7.59. The molecule has 2 atom stereocenters. The molecule has 114 valence electrons. The number of aliphatic hydroxyl groups is 1. The Hall–Kier alpha value is -0.200. The standard InChI is InChI=1S/C14H31N3O2/c1-4-16(5-2)11-13(3)15-10-14(18)12-17-6-8-19-9-7-17/h13-15,18H,4-12H2,1-3H3. The van der Waals surface area contributed by atoms with Gasteiger partial charge in [-0.3, -0.25) is 4.90 Å². The highest BCUT2D eigenvalue weighted by atomic mass is 16.5. The third kappa shape index (κ3) is 7.22. The molecule has 1 heterocycles. The lowest BCUT2D eigenvalue weighted by Crippen LogP contribution is -2.46. The first-order valence-corrected chi connectivity index (χ1v) is 7.59. The molecule has 2 N–H and O–H groups in total. The molecule has 0 amide bonds. The molecule has 0 aliphatic carbocycles. The third-order valence-electron chi connectivity index (χ3n) is 3.70. The van der Waals surface area contributed by atoms with Crippen molar-refractivity contribution in [3.8, 4) is 0 Å². The molecule has 0 aromatic rings. The first kappa shape index (κ1) is 16.9. The summed E-state index contributed by atoms with van der Waals surface area (Å²) in [6, 6.07) is 0.416. The summed E-state index contributed by atoms with van der Waals surface area (Å²) in [5.41, 5.74) is 0. The quantitative estimate of drug-likeness (QED) is 0.619. The molecular formula is C14H31N3O2. The first-order chi connectivity index (χ1) is 9.15. The number of morpholine rings is 1.